The van der Waals surface area contributed by atoms with Gasteiger partial charge in [-0.1, -0.05) is 176 Å². The van der Waals surface area contributed by atoms with Crippen molar-refractivity contribution in [1.82, 2.24) is 19.5 Å². The van der Waals surface area contributed by atoms with Gasteiger partial charge in [0.05, 0.1) is 11.0 Å². The fraction of sp³-hybridized carbons (Fsp3) is 0. The highest BCUT2D eigenvalue weighted by Gasteiger charge is 2.17. The first-order chi connectivity index (χ1) is 30.7. The topological polar surface area (TPSA) is 56.7 Å². The molecule has 0 aliphatic rings. The van der Waals surface area contributed by atoms with E-state index >= 15 is 0 Å². The van der Waals surface area contributed by atoms with Crippen LogP contribution in [0.2, 0.25) is 0 Å². The van der Waals surface area contributed by atoms with Crippen molar-refractivity contribution >= 4 is 43.7 Å². The molecule has 290 valence electrons. The lowest BCUT2D eigenvalue weighted by Crippen LogP contribution is -2.00. The molecule has 5 nitrogen and oxygen atoms in total. The smallest absolute Gasteiger partial charge is 0.164 e. The normalized spacial score (nSPS) is 11.5. The van der Waals surface area contributed by atoms with Crippen LogP contribution in [0, 0.1) is 0 Å². The Morgan fingerprint density at radius 2 is 0.790 bits per heavy atom. The van der Waals surface area contributed by atoms with Crippen molar-refractivity contribution < 1.29 is 4.42 Å². The molecule has 0 N–H and O–H groups in total. The third kappa shape index (κ3) is 6.14. The molecule has 9 aromatic carbocycles. The maximum Gasteiger partial charge on any atom is 0.164 e. The summed E-state index contributed by atoms with van der Waals surface area (Å²) in [7, 11) is 0. The quantitative estimate of drug-likeness (QED) is 0.161. The largest absolute Gasteiger partial charge is 0.456 e. The molecule has 0 atom stereocenters. The van der Waals surface area contributed by atoms with Crippen molar-refractivity contribution in [2.45, 2.75) is 0 Å². The first-order valence-corrected chi connectivity index (χ1v) is 20.8. The van der Waals surface area contributed by atoms with E-state index < -0.39 is 0 Å². The Morgan fingerprint density at radius 1 is 0.306 bits per heavy atom. The zero-order valence-corrected chi connectivity index (χ0v) is 33.5. The molecule has 0 unspecified atom stereocenters. The number of aromatic nitrogens is 4. The second-order valence-electron chi connectivity index (χ2n) is 15.6. The van der Waals surface area contributed by atoms with Crippen LogP contribution in [0.15, 0.2) is 223 Å². The van der Waals surface area contributed by atoms with Gasteiger partial charge in [0, 0.05) is 43.9 Å². The Kier molecular flexibility index (Phi) is 8.42. The van der Waals surface area contributed by atoms with Gasteiger partial charge in [-0.3, -0.25) is 0 Å². The van der Waals surface area contributed by atoms with Gasteiger partial charge in [-0.15, -0.1) is 0 Å². The molecule has 0 aliphatic heterocycles. The summed E-state index contributed by atoms with van der Waals surface area (Å²) in [5, 5.41) is 4.71. The standard InChI is InChI=1S/C57H36N4O/c1-4-13-40(14-5-1)55-58-56(41-15-6-2-7-16-41)60-57(59-55)42-29-25-38(26-30-42)44-32-34-49-53(36-44)62-52-22-12-20-46(54(49)52)39-27-23-37(24-28-39)43-31-33-48-47-19-10-11-21-50(47)61(51(48)35-43)45-17-8-3-9-18-45/h1-36H. The fourth-order valence-electron chi connectivity index (χ4n) is 8.84. The highest BCUT2D eigenvalue weighted by atomic mass is 16.3. The fourth-order valence-corrected chi connectivity index (χ4v) is 8.84. The van der Waals surface area contributed by atoms with Gasteiger partial charge in [0.25, 0.3) is 0 Å². The summed E-state index contributed by atoms with van der Waals surface area (Å²) in [6.45, 7) is 0. The highest BCUT2D eigenvalue weighted by molar-refractivity contribution is 6.13. The number of rotatable bonds is 7. The molecule has 3 heterocycles. The molecule has 0 aliphatic carbocycles. The van der Waals surface area contributed by atoms with Gasteiger partial charge in [0.15, 0.2) is 17.5 Å². The third-order valence-electron chi connectivity index (χ3n) is 11.9. The Morgan fingerprint density at radius 3 is 1.44 bits per heavy atom. The van der Waals surface area contributed by atoms with E-state index in [1.807, 2.05) is 60.7 Å². The molecular weight excluding hydrogens is 757 g/mol. The Bertz CT molecular complexity index is 3540. The number of nitrogens with zero attached hydrogens (tertiary/aromatic N) is 4. The van der Waals surface area contributed by atoms with E-state index in [2.05, 4.69) is 162 Å². The summed E-state index contributed by atoms with van der Waals surface area (Å²) in [6.07, 6.45) is 0. The van der Waals surface area contributed by atoms with Crippen LogP contribution in [0.1, 0.15) is 0 Å². The van der Waals surface area contributed by atoms with Gasteiger partial charge >= 0.3 is 0 Å². The van der Waals surface area contributed by atoms with Crippen LogP contribution >= 0.6 is 0 Å². The first kappa shape index (κ1) is 35.5. The average Bonchev–Trinajstić information content (AvgIpc) is 3.90. The minimum Gasteiger partial charge on any atom is -0.456 e. The van der Waals surface area contributed by atoms with Crippen LogP contribution in [-0.4, -0.2) is 19.5 Å². The summed E-state index contributed by atoms with van der Waals surface area (Å²) in [5.41, 5.74) is 14.9. The Hall–Kier alpha value is -8.41. The third-order valence-corrected chi connectivity index (χ3v) is 11.9. The number of benzene rings is 9. The van der Waals surface area contributed by atoms with Crippen molar-refractivity contribution in [3.63, 3.8) is 0 Å². The minimum absolute atomic E-state index is 0.630. The van der Waals surface area contributed by atoms with Gasteiger partial charge in [-0.05, 0) is 75.8 Å². The average molecular weight is 793 g/mol. The molecule has 0 fully saturated rings. The SMILES string of the molecule is c1ccc(-c2nc(-c3ccccc3)nc(-c3ccc(-c4ccc5c(c4)oc4cccc(-c6ccc(-c7ccc8c9ccccc9n(-c9ccccc9)c8c7)cc6)c45)cc3)n2)cc1. The maximum absolute atomic E-state index is 6.56. The number of hydrogen-bond acceptors (Lipinski definition) is 4. The lowest BCUT2D eigenvalue weighted by atomic mass is 9.96. The zero-order valence-electron chi connectivity index (χ0n) is 33.5. The summed E-state index contributed by atoms with van der Waals surface area (Å²) < 4.78 is 8.93. The number of fused-ring (bicyclic) bond motifs is 6. The van der Waals surface area contributed by atoms with Crippen molar-refractivity contribution in [3.8, 4) is 73.2 Å². The zero-order chi connectivity index (χ0) is 41.0. The van der Waals surface area contributed by atoms with Gasteiger partial charge in [-0.25, -0.2) is 15.0 Å². The summed E-state index contributed by atoms with van der Waals surface area (Å²) in [6, 6.07) is 76.4. The predicted molar refractivity (Wildman–Crippen MR) is 254 cm³/mol. The van der Waals surface area contributed by atoms with Crippen LogP contribution in [-0.2, 0) is 0 Å². The molecule has 3 aromatic heterocycles. The summed E-state index contributed by atoms with van der Waals surface area (Å²) in [4.78, 5) is 14.7. The number of hydrogen-bond donors (Lipinski definition) is 0. The van der Waals surface area contributed by atoms with Crippen LogP contribution in [0.3, 0.4) is 0 Å². The molecule has 12 rings (SSSR count). The van der Waals surface area contributed by atoms with Gasteiger partial charge in [0.2, 0.25) is 0 Å². The van der Waals surface area contributed by atoms with E-state index in [9.17, 15) is 0 Å². The van der Waals surface area contributed by atoms with E-state index in [0.717, 1.165) is 66.6 Å². The molecule has 0 bridgehead atoms. The first-order valence-electron chi connectivity index (χ1n) is 20.8. The van der Waals surface area contributed by atoms with Gasteiger partial charge < -0.3 is 8.98 Å². The van der Waals surface area contributed by atoms with Crippen LogP contribution in [0.25, 0.3) is 117 Å². The summed E-state index contributed by atoms with van der Waals surface area (Å²) >= 11 is 0. The highest BCUT2D eigenvalue weighted by Crippen LogP contribution is 2.40. The molecule has 12 aromatic rings. The van der Waals surface area contributed by atoms with E-state index in [0.29, 0.717) is 17.5 Å². The molecule has 0 saturated heterocycles. The lowest BCUT2D eigenvalue weighted by molar-refractivity contribution is 0.669. The van der Waals surface area contributed by atoms with E-state index in [1.165, 1.54) is 32.9 Å². The van der Waals surface area contributed by atoms with Crippen molar-refractivity contribution in [2.75, 3.05) is 0 Å². The van der Waals surface area contributed by atoms with E-state index in [1.54, 1.807) is 0 Å². The van der Waals surface area contributed by atoms with Crippen molar-refractivity contribution in [3.05, 3.63) is 218 Å². The molecule has 0 saturated carbocycles. The second-order valence-corrected chi connectivity index (χ2v) is 15.6. The monoisotopic (exact) mass is 792 g/mol. The molecule has 0 amide bonds. The number of furan rings is 1. The van der Waals surface area contributed by atoms with Crippen LogP contribution in [0.5, 0.6) is 0 Å². The molecule has 0 spiro atoms. The van der Waals surface area contributed by atoms with Gasteiger partial charge in [-0.2, -0.15) is 0 Å². The van der Waals surface area contributed by atoms with E-state index in [4.69, 9.17) is 19.4 Å². The van der Waals surface area contributed by atoms with Crippen LogP contribution in [0.4, 0.5) is 0 Å². The van der Waals surface area contributed by atoms with Gasteiger partial charge in [0.1, 0.15) is 11.2 Å². The maximum atomic E-state index is 6.56. The minimum atomic E-state index is 0.630. The molecular formula is C57H36N4O. The summed E-state index contributed by atoms with van der Waals surface area (Å²) in [5.74, 6) is 1.92. The Balaban J connectivity index is 0.864. The predicted octanol–water partition coefficient (Wildman–Crippen LogP) is 14.9. The molecule has 0 radical (unpaired) electrons. The van der Waals surface area contributed by atoms with Crippen molar-refractivity contribution in [1.29, 1.82) is 0 Å². The molecule has 62 heavy (non-hydrogen) atoms. The van der Waals surface area contributed by atoms with E-state index in [-0.39, 0.29) is 0 Å². The number of para-hydroxylation sites is 2. The Labute approximate surface area is 357 Å². The molecule has 5 heteroatoms. The van der Waals surface area contributed by atoms with Crippen LogP contribution < -0.4 is 0 Å². The van der Waals surface area contributed by atoms with Crippen molar-refractivity contribution in [2.24, 2.45) is 0 Å². The second kappa shape index (κ2) is 14.7. The lowest BCUT2D eigenvalue weighted by Gasteiger charge is -2.10.